The standard InChI is InChI=1S/C26H24N4O4S/c1-35(32,33)18-25-28-23-8-4-5-9-24(23)30(25)16-26(31)29-22-7-3-2-6-20(22)17-34-21-12-10-19(11-13-21)14-15-27/h2-13H,14,16-18H2,1H3,(H,29,31). The van der Waals surface area contributed by atoms with Crippen LogP contribution in [0.25, 0.3) is 11.0 Å². The number of carbonyl (C=O) groups excluding carboxylic acids is 1. The van der Waals surface area contributed by atoms with E-state index in [2.05, 4.69) is 16.4 Å². The summed E-state index contributed by atoms with van der Waals surface area (Å²) in [4.78, 5) is 17.4. The lowest BCUT2D eigenvalue weighted by molar-refractivity contribution is -0.116. The number of aromatic nitrogens is 2. The van der Waals surface area contributed by atoms with Gasteiger partial charge in [0, 0.05) is 17.5 Å². The zero-order valence-electron chi connectivity index (χ0n) is 19.1. The second-order valence-electron chi connectivity index (χ2n) is 8.15. The molecule has 0 radical (unpaired) electrons. The van der Waals surface area contributed by atoms with Crippen molar-refractivity contribution in [1.29, 1.82) is 5.26 Å². The largest absolute Gasteiger partial charge is 0.489 e. The van der Waals surface area contributed by atoms with Crippen molar-refractivity contribution in [2.24, 2.45) is 0 Å². The predicted octanol–water partition coefficient (Wildman–Crippen LogP) is 3.86. The molecule has 4 aromatic rings. The zero-order valence-corrected chi connectivity index (χ0v) is 20.0. The number of carbonyl (C=O) groups is 1. The van der Waals surface area contributed by atoms with Crippen molar-refractivity contribution < 1.29 is 17.9 Å². The fraction of sp³-hybridized carbons (Fsp3) is 0.192. The van der Waals surface area contributed by atoms with Gasteiger partial charge in [0.05, 0.1) is 23.5 Å². The van der Waals surface area contributed by atoms with Crippen LogP contribution >= 0.6 is 0 Å². The van der Waals surface area contributed by atoms with Crippen molar-refractivity contribution in [3.8, 4) is 11.8 Å². The molecular formula is C26H24N4O4S. The van der Waals surface area contributed by atoms with Gasteiger partial charge in [-0.2, -0.15) is 5.26 Å². The summed E-state index contributed by atoms with van der Waals surface area (Å²) in [5, 5.41) is 11.7. The quantitative estimate of drug-likeness (QED) is 0.383. The van der Waals surface area contributed by atoms with E-state index in [-0.39, 0.29) is 24.8 Å². The molecule has 35 heavy (non-hydrogen) atoms. The molecule has 0 aliphatic heterocycles. The Morgan fingerprint density at radius 3 is 2.51 bits per heavy atom. The molecule has 1 aromatic heterocycles. The first-order chi connectivity index (χ1) is 16.8. The second-order valence-corrected chi connectivity index (χ2v) is 10.3. The van der Waals surface area contributed by atoms with E-state index in [4.69, 9.17) is 10.00 Å². The third-order valence-corrected chi connectivity index (χ3v) is 6.10. The molecule has 1 heterocycles. The third kappa shape index (κ3) is 6.25. The molecule has 4 rings (SSSR count). The molecule has 178 valence electrons. The molecule has 0 unspecified atom stereocenters. The molecule has 0 atom stereocenters. The van der Waals surface area contributed by atoms with Crippen LogP contribution in [0, 0.1) is 11.3 Å². The average molecular weight is 489 g/mol. The van der Waals surface area contributed by atoms with Crippen molar-refractivity contribution in [3.63, 3.8) is 0 Å². The highest BCUT2D eigenvalue weighted by Gasteiger charge is 2.18. The van der Waals surface area contributed by atoms with Crippen molar-refractivity contribution >= 4 is 32.5 Å². The first kappa shape index (κ1) is 24.0. The Hall–Kier alpha value is -4.16. The number of nitriles is 1. The molecule has 0 saturated heterocycles. The molecule has 0 fully saturated rings. The first-order valence-electron chi connectivity index (χ1n) is 10.9. The van der Waals surface area contributed by atoms with Crippen molar-refractivity contribution in [1.82, 2.24) is 9.55 Å². The summed E-state index contributed by atoms with van der Waals surface area (Å²) in [5.74, 6) is 0.409. The molecule has 0 bridgehead atoms. The van der Waals surface area contributed by atoms with E-state index in [0.717, 1.165) is 17.4 Å². The van der Waals surface area contributed by atoms with Crippen LogP contribution in [0.15, 0.2) is 72.8 Å². The van der Waals surface area contributed by atoms with Crippen molar-refractivity contribution in [2.75, 3.05) is 11.6 Å². The number of ether oxygens (including phenoxy) is 1. The molecular weight excluding hydrogens is 464 g/mol. The van der Waals surface area contributed by atoms with Crippen LogP contribution in [0.5, 0.6) is 5.75 Å². The molecule has 0 aliphatic rings. The number of amides is 1. The van der Waals surface area contributed by atoms with Gasteiger partial charge in [-0.05, 0) is 35.9 Å². The Kier molecular flexibility index (Phi) is 7.13. The smallest absolute Gasteiger partial charge is 0.244 e. The van der Waals surface area contributed by atoms with Gasteiger partial charge in [-0.3, -0.25) is 4.79 Å². The second kappa shape index (κ2) is 10.4. The fourth-order valence-corrected chi connectivity index (χ4v) is 4.39. The summed E-state index contributed by atoms with van der Waals surface area (Å²) in [6.07, 6.45) is 1.48. The highest BCUT2D eigenvalue weighted by molar-refractivity contribution is 7.89. The average Bonchev–Trinajstić information content (AvgIpc) is 3.15. The molecule has 8 nitrogen and oxygen atoms in total. The Labute approximate surface area is 203 Å². The summed E-state index contributed by atoms with van der Waals surface area (Å²) in [5.41, 5.74) is 3.63. The van der Waals surface area contributed by atoms with Gasteiger partial charge >= 0.3 is 0 Å². The lowest BCUT2D eigenvalue weighted by atomic mass is 10.1. The minimum atomic E-state index is -3.34. The maximum absolute atomic E-state index is 13.0. The van der Waals surface area contributed by atoms with Gasteiger partial charge in [0.2, 0.25) is 5.91 Å². The number of anilines is 1. The number of hydrogen-bond acceptors (Lipinski definition) is 6. The monoisotopic (exact) mass is 488 g/mol. The number of nitrogens with zero attached hydrogens (tertiary/aromatic N) is 3. The number of rotatable bonds is 9. The van der Waals surface area contributed by atoms with Gasteiger partial charge < -0.3 is 14.6 Å². The van der Waals surface area contributed by atoms with E-state index in [0.29, 0.717) is 34.7 Å². The zero-order chi connectivity index (χ0) is 24.8. The van der Waals surface area contributed by atoms with E-state index in [1.807, 2.05) is 48.5 Å². The molecule has 0 saturated carbocycles. The van der Waals surface area contributed by atoms with Crippen LogP contribution in [0.4, 0.5) is 5.69 Å². The van der Waals surface area contributed by atoms with Crippen LogP contribution in [-0.4, -0.2) is 30.1 Å². The highest BCUT2D eigenvalue weighted by atomic mass is 32.2. The third-order valence-electron chi connectivity index (χ3n) is 5.32. The molecule has 1 N–H and O–H groups in total. The van der Waals surface area contributed by atoms with Gasteiger partial charge in [-0.15, -0.1) is 0 Å². The van der Waals surface area contributed by atoms with E-state index < -0.39 is 9.84 Å². The van der Waals surface area contributed by atoms with E-state index in [1.165, 1.54) is 0 Å². The number of benzene rings is 3. The van der Waals surface area contributed by atoms with Gasteiger partial charge in [0.1, 0.15) is 30.5 Å². The molecule has 9 heteroatoms. The lowest BCUT2D eigenvalue weighted by Gasteiger charge is -2.14. The van der Waals surface area contributed by atoms with Gasteiger partial charge in [0.25, 0.3) is 0 Å². The van der Waals surface area contributed by atoms with Crippen molar-refractivity contribution in [2.45, 2.75) is 25.3 Å². The Bertz CT molecular complexity index is 1500. The molecule has 3 aromatic carbocycles. The van der Waals surface area contributed by atoms with Crippen molar-refractivity contribution in [3.05, 3.63) is 89.7 Å². The van der Waals surface area contributed by atoms with Crippen LogP contribution in [-0.2, 0) is 40.0 Å². The maximum Gasteiger partial charge on any atom is 0.244 e. The van der Waals surface area contributed by atoms with E-state index >= 15 is 0 Å². The fourth-order valence-electron chi connectivity index (χ4n) is 3.70. The predicted molar refractivity (Wildman–Crippen MR) is 133 cm³/mol. The van der Waals surface area contributed by atoms with E-state index in [9.17, 15) is 13.2 Å². The summed E-state index contributed by atoms with van der Waals surface area (Å²) < 4.78 is 31.3. The van der Waals surface area contributed by atoms with Crippen LogP contribution in [0.2, 0.25) is 0 Å². The topological polar surface area (TPSA) is 114 Å². The molecule has 0 aliphatic carbocycles. The van der Waals surface area contributed by atoms with Crippen LogP contribution < -0.4 is 10.1 Å². The summed E-state index contributed by atoms with van der Waals surface area (Å²) in [7, 11) is -3.34. The van der Waals surface area contributed by atoms with Gasteiger partial charge in [-0.25, -0.2) is 13.4 Å². The maximum atomic E-state index is 13.0. The van der Waals surface area contributed by atoms with E-state index in [1.54, 1.807) is 28.8 Å². The van der Waals surface area contributed by atoms with Gasteiger partial charge in [0.15, 0.2) is 9.84 Å². The summed E-state index contributed by atoms with van der Waals surface area (Å²) >= 11 is 0. The van der Waals surface area contributed by atoms with Crippen LogP contribution in [0.3, 0.4) is 0 Å². The lowest BCUT2D eigenvalue weighted by Crippen LogP contribution is -2.22. The first-order valence-corrected chi connectivity index (χ1v) is 13.0. The Morgan fingerprint density at radius 2 is 1.77 bits per heavy atom. The number of sulfone groups is 1. The Morgan fingerprint density at radius 1 is 1.06 bits per heavy atom. The van der Waals surface area contributed by atoms with Crippen LogP contribution in [0.1, 0.15) is 17.0 Å². The number of fused-ring (bicyclic) bond motifs is 1. The molecule has 1 amide bonds. The summed E-state index contributed by atoms with van der Waals surface area (Å²) in [6.45, 7) is 0.155. The number of hydrogen-bond donors (Lipinski definition) is 1. The summed E-state index contributed by atoms with van der Waals surface area (Å²) in [6, 6.07) is 24.0. The minimum Gasteiger partial charge on any atom is -0.489 e. The number of para-hydroxylation sites is 3. The highest BCUT2D eigenvalue weighted by Crippen LogP contribution is 2.21. The minimum absolute atomic E-state index is 0.0824. The number of nitrogens with one attached hydrogen (secondary N) is 1. The molecule has 0 spiro atoms. The SMILES string of the molecule is CS(=O)(=O)Cc1nc2ccccc2n1CC(=O)Nc1ccccc1COc1ccc(CC#N)cc1. The normalized spacial score (nSPS) is 11.2. The van der Waals surface area contributed by atoms with Gasteiger partial charge in [-0.1, -0.05) is 42.5 Å². The Balaban J connectivity index is 1.49. The number of imidazole rings is 1.